The molecule has 1 aliphatic heterocycles. The van der Waals surface area contributed by atoms with Crippen LogP contribution in [0.15, 0.2) is 5.16 Å². The number of hydrogen-bond acceptors (Lipinski definition) is 3. The van der Waals surface area contributed by atoms with Gasteiger partial charge in [0.1, 0.15) is 0 Å². The Morgan fingerprint density at radius 3 is 2.50 bits per heavy atom. The first kappa shape index (κ1) is 12.4. The average molecular weight is 261 g/mol. The topological polar surface area (TPSA) is 41.8 Å². The minimum absolute atomic E-state index is 0.141. The van der Waals surface area contributed by atoms with Crippen molar-refractivity contribution in [2.75, 3.05) is 0 Å². The van der Waals surface area contributed by atoms with Crippen LogP contribution in [0, 0.1) is 5.92 Å². The van der Waals surface area contributed by atoms with Crippen molar-refractivity contribution in [1.82, 2.24) is 0 Å². The van der Waals surface area contributed by atoms with E-state index in [0.717, 1.165) is 6.42 Å². The largest absolute Gasteiger partial charge is 0.355 e. The molecule has 6 heteroatoms. The molecular formula is C8H12Cl3NO2. The van der Waals surface area contributed by atoms with Gasteiger partial charge in [-0.3, -0.25) is 0 Å². The van der Waals surface area contributed by atoms with Gasteiger partial charge in [-0.05, 0) is 12.3 Å². The van der Waals surface area contributed by atoms with Crippen molar-refractivity contribution < 1.29 is 9.94 Å². The minimum Gasteiger partial charge on any atom is -0.355 e. The Labute approximate surface area is 98.0 Å². The molecule has 0 fully saturated rings. The summed E-state index contributed by atoms with van der Waals surface area (Å²) in [5.74, 6) is -1.39. The second-order valence-corrected chi connectivity index (χ2v) is 6.09. The molecule has 82 valence electrons. The van der Waals surface area contributed by atoms with Gasteiger partial charge in [-0.15, -0.1) is 0 Å². The van der Waals surface area contributed by atoms with Crippen molar-refractivity contribution in [3.63, 3.8) is 0 Å². The molecule has 0 aromatic carbocycles. The van der Waals surface area contributed by atoms with Gasteiger partial charge in [0.15, 0.2) is 0 Å². The van der Waals surface area contributed by atoms with Crippen LogP contribution in [0.5, 0.6) is 0 Å². The predicted molar refractivity (Wildman–Crippen MR) is 57.8 cm³/mol. The van der Waals surface area contributed by atoms with Gasteiger partial charge in [0.05, 0.1) is 12.1 Å². The molecule has 0 saturated heterocycles. The van der Waals surface area contributed by atoms with Crippen LogP contribution in [-0.2, 0) is 4.84 Å². The van der Waals surface area contributed by atoms with E-state index in [1.54, 1.807) is 0 Å². The maximum absolute atomic E-state index is 9.78. The Kier molecular flexibility index (Phi) is 3.58. The third kappa shape index (κ3) is 2.66. The summed E-state index contributed by atoms with van der Waals surface area (Å²) in [6.45, 7) is 4.07. The van der Waals surface area contributed by atoms with Crippen LogP contribution < -0.4 is 0 Å². The summed E-state index contributed by atoms with van der Waals surface area (Å²) in [7, 11) is 0. The maximum atomic E-state index is 9.78. The molecule has 0 aliphatic carbocycles. The van der Waals surface area contributed by atoms with Gasteiger partial charge in [0, 0.05) is 0 Å². The van der Waals surface area contributed by atoms with Crippen LogP contribution >= 0.6 is 34.8 Å². The summed E-state index contributed by atoms with van der Waals surface area (Å²) < 4.78 is -1.88. The van der Waals surface area contributed by atoms with Crippen molar-refractivity contribution in [1.29, 1.82) is 0 Å². The number of hydrogen-bond donors (Lipinski definition) is 1. The standard InChI is InChI=1S/C8H12Cl3NO2/c1-5(2)3-6-4-7(13,14-12-6)8(9,10)11/h5,13H,3-4H2,1-2H3. The first-order valence-electron chi connectivity index (χ1n) is 4.27. The maximum Gasteiger partial charge on any atom is 0.287 e. The highest BCUT2D eigenvalue weighted by Gasteiger charge is 2.53. The second-order valence-electron chi connectivity index (χ2n) is 3.81. The molecule has 3 nitrogen and oxygen atoms in total. The molecule has 0 radical (unpaired) electrons. The highest BCUT2D eigenvalue weighted by atomic mass is 35.6. The fourth-order valence-corrected chi connectivity index (χ4v) is 1.52. The monoisotopic (exact) mass is 259 g/mol. The van der Waals surface area contributed by atoms with E-state index in [-0.39, 0.29) is 6.42 Å². The van der Waals surface area contributed by atoms with E-state index in [4.69, 9.17) is 39.6 Å². The van der Waals surface area contributed by atoms with Gasteiger partial charge in [0.2, 0.25) is 0 Å². The zero-order valence-corrected chi connectivity index (χ0v) is 10.2. The Hall–Kier alpha value is 0.300. The van der Waals surface area contributed by atoms with Crippen LogP contribution in [0.1, 0.15) is 26.7 Å². The smallest absolute Gasteiger partial charge is 0.287 e. The van der Waals surface area contributed by atoms with Crippen LogP contribution in [-0.4, -0.2) is 20.4 Å². The Morgan fingerprint density at radius 2 is 2.14 bits per heavy atom. The lowest BCUT2D eigenvalue weighted by atomic mass is 10.0. The molecule has 0 spiro atoms. The van der Waals surface area contributed by atoms with Crippen LogP contribution in [0.3, 0.4) is 0 Å². The molecule has 0 saturated carbocycles. The Morgan fingerprint density at radius 1 is 1.57 bits per heavy atom. The predicted octanol–water partition coefficient (Wildman–Crippen LogP) is 2.87. The van der Waals surface area contributed by atoms with Crippen LogP contribution in [0.2, 0.25) is 0 Å². The van der Waals surface area contributed by atoms with Gasteiger partial charge in [-0.25, -0.2) is 0 Å². The fourth-order valence-electron chi connectivity index (χ4n) is 1.21. The summed E-state index contributed by atoms with van der Waals surface area (Å²) in [6, 6.07) is 0. The number of rotatable bonds is 2. The molecule has 0 aromatic rings. The minimum atomic E-state index is -1.88. The number of oxime groups is 1. The Bertz CT molecular complexity index is 249. The summed E-state index contributed by atoms with van der Waals surface area (Å²) >= 11 is 16.7. The molecule has 14 heavy (non-hydrogen) atoms. The first-order valence-corrected chi connectivity index (χ1v) is 5.41. The lowest BCUT2D eigenvalue weighted by Crippen LogP contribution is -2.42. The third-order valence-corrected chi connectivity index (χ3v) is 2.74. The second kappa shape index (κ2) is 4.05. The van der Waals surface area contributed by atoms with Crippen molar-refractivity contribution in [3.8, 4) is 0 Å². The highest BCUT2D eigenvalue weighted by Crippen LogP contribution is 2.44. The van der Waals surface area contributed by atoms with E-state index in [1.165, 1.54) is 0 Å². The number of nitrogens with zero attached hydrogens (tertiary/aromatic N) is 1. The molecule has 1 atom stereocenters. The van der Waals surface area contributed by atoms with Gasteiger partial charge < -0.3 is 9.94 Å². The van der Waals surface area contributed by atoms with Crippen molar-refractivity contribution in [2.24, 2.45) is 11.1 Å². The van der Waals surface area contributed by atoms with Gasteiger partial charge in [-0.2, -0.15) is 0 Å². The van der Waals surface area contributed by atoms with E-state index in [1.807, 2.05) is 13.8 Å². The van der Waals surface area contributed by atoms with Crippen LogP contribution in [0.25, 0.3) is 0 Å². The average Bonchev–Trinajstić information content (AvgIpc) is 2.30. The van der Waals surface area contributed by atoms with Gasteiger partial charge in [-0.1, -0.05) is 53.8 Å². The molecule has 0 aromatic heterocycles. The quantitative estimate of drug-likeness (QED) is 0.776. The van der Waals surface area contributed by atoms with E-state index in [9.17, 15) is 5.11 Å². The lowest BCUT2D eigenvalue weighted by Gasteiger charge is -2.26. The highest BCUT2D eigenvalue weighted by molar-refractivity contribution is 6.68. The molecular weight excluding hydrogens is 248 g/mol. The van der Waals surface area contributed by atoms with Crippen LogP contribution in [0.4, 0.5) is 0 Å². The number of halogens is 3. The van der Waals surface area contributed by atoms with E-state index in [2.05, 4.69) is 5.16 Å². The van der Waals surface area contributed by atoms with Crippen molar-refractivity contribution >= 4 is 40.5 Å². The number of aliphatic hydroxyl groups is 1. The van der Waals surface area contributed by atoms with E-state index in [0.29, 0.717) is 11.6 Å². The normalized spacial score (nSPS) is 27.8. The third-order valence-electron chi connectivity index (χ3n) is 1.86. The summed E-state index contributed by atoms with van der Waals surface area (Å²) in [6.07, 6.45) is 0.866. The fraction of sp³-hybridized carbons (Fsp3) is 0.875. The molecule has 0 bridgehead atoms. The van der Waals surface area contributed by atoms with Gasteiger partial charge in [0.25, 0.3) is 9.58 Å². The Balaban J connectivity index is 2.61. The van der Waals surface area contributed by atoms with E-state index >= 15 is 0 Å². The molecule has 1 aliphatic rings. The zero-order chi connectivity index (χ0) is 11.0. The van der Waals surface area contributed by atoms with Crippen molar-refractivity contribution in [2.45, 2.75) is 36.3 Å². The zero-order valence-electron chi connectivity index (χ0n) is 7.93. The lowest BCUT2D eigenvalue weighted by molar-refractivity contribution is -0.181. The molecule has 1 heterocycles. The summed E-state index contributed by atoms with van der Waals surface area (Å²) in [5, 5.41) is 13.5. The first-order chi connectivity index (χ1) is 6.24. The number of alkyl halides is 3. The summed E-state index contributed by atoms with van der Waals surface area (Å²) in [4.78, 5) is 4.77. The SMILES string of the molecule is CC(C)CC1=NOC(O)(C(Cl)(Cl)Cl)C1. The van der Waals surface area contributed by atoms with Crippen molar-refractivity contribution in [3.05, 3.63) is 0 Å². The van der Waals surface area contributed by atoms with Gasteiger partial charge >= 0.3 is 0 Å². The molecule has 1 rings (SSSR count). The molecule has 1 N–H and O–H groups in total. The summed E-state index contributed by atoms with van der Waals surface area (Å²) in [5.41, 5.74) is 0.717. The molecule has 1 unspecified atom stereocenters. The van der Waals surface area contributed by atoms with E-state index < -0.39 is 9.58 Å². The molecule has 0 amide bonds.